The molecule has 7 heavy (non-hydrogen) atoms. The Hall–Kier alpha value is -0.120. The molecule has 0 fully saturated rings. The molecule has 0 aromatic heterocycles. The van der Waals surface area contributed by atoms with Crippen LogP contribution in [0.2, 0.25) is 0 Å². The summed E-state index contributed by atoms with van der Waals surface area (Å²) in [5.41, 5.74) is 0. The fraction of sp³-hybridized carbons (Fsp3) is 1.00. The minimum atomic E-state index is -0.523. The zero-order chi connectivity index (χ0) is 5.86. The lowest BCUT2D eigenvalue weighted by atomic mass is 10.7. The molecule has 0 saturated heterocycles. The predicted molar refractivity (Wildman–Crippen MR) is 26.5 cm³/mol. The predicted octanol–water partition coefficient (Wildman–Crippen LogP) is -0.182. The highest BCUT2D eigenvalue weighted by Crippen LogP contribution is 1.86. The molecule has 1 atom stereocenters. The van der Waals surface area contributed by atoms with Crippen molar-refractivity contribution in [2.75, 3.05) is 14.2 Å². The van der Waals surface area contributed by atoms with Crippen molar-refractivity contribution in [1.82, 2.24) is 5.06 Å². The van der Waals surface area contributed by atoms with Crippen LogP contribution in [0, 0.1) is 0 Å². The monoisotopic (exact) mass is 105 g/mol. The summed E-state index contributed by atoms with van der Waals surface area (Å²) in [7, 11) is 3.16. The van der Waals surface area contributed by atoms with Crippen molar-refractivity contribution in [3.63, 3.8) is 0 Å². The maximum absolute atomic E-state index is 8.62. The standard InChI is InChI=1S/C4H11NO2/c1-4(6)5(2)7-3/h4,6H,1-3H3/t4-/m0/s1. The second kappa shape index (κ2) is 2.96. The van der Waals surface area contributed by atoms with Gasteiger partial charge in [-0.25, -0.2) is 0 Å². The molecule has 3 nitrogen and oxygen atoms in total. The van der Waals surface area contributed by atoms with Crippen LogP contribution in [-0.4, -0.2) is 30.6 Å². The van der Waals surface area contributed by atoms with Crippen molar-refractivity contribution in [2.24, 2.45) is 0 Å². The van der Waals surface area contributed by atoms with E-state index in [-0.39, 0.29) is 0 Å². The van der Waals surface area contributed by atoms with Crippen LogP contribution in [0.15, 0.2) is 0 Å². The van der Waals surface area contributed by atoms with Gasteiger partial charge in [0, 0.05) is 7.05 Å². The van der Waals surface area contributed by atoms with E-state index in [0.29, 0.717) is 0 Å². The van der Waals surface area contributed by atoms with Gasteiger partial charge in [-0.15, -0.1) is 0 Å². The fourth-order valence-corrected chi connectivity index (χ4v) is 0.153. The molecule has 0 amide bonds. The molecule has 0 heterocycles. The van der Waals surface area contributed by atoms with Gasteiger partial charge in [0.25, 0.3) is 0 Å². The van der Waals surface area contributed by atoms with E-state index < -0.39 is 6.23 Å². The Labute approximate surface area is 43.5 Å². The third-order valence-corrected chi connectivity index (χ3v) is 0.814. The fourth-order valence-electron chi connectivity index (χ4n) is 0.153. The molecule has 0 aromatic carbocycles. The molecule has 0 unspecified atom stereocenters. The van der Waals surface area contributed by atoms with Gasteiger partial charge in [0.2, 0.25) is 0 Å². The van der Waals surface area contributed by atoms with E-state index in [2.05, 4.69) is 4.84 Å². The van der Waals surface area contributed by atoms with E-state index in [1.54, 1.807) is 14.0 Å². The summed E-state index contributed by atoms with van der Waals surface area (Å²) >= 11 is 0. The molecule has 0 rings (SSSR count). The highest BCUT2D eigenvalue weighted by molar-refractivity contribution is 4.29. The minimum Gasteiger partial charge on any atom is -0.377 e. The third-order valence-electron chi connectivity index (χ3n) is 0.814. The Morgan fingerprint density at radius 3 is 2.14 bits per heavy atom. The minimum absolute atomic E-state index is 0.523. The molecule has 0 radical (unpaired) electrons. The van der Waals surface area contributed by atoms with Gasteiger partial charge in [-0.3, -0.25) is 0 Å². The average molecular weight is 105 g/mol. The molecule has 0 saturated carbocycles. The summed E-state index contributed by atoms with van der Waals surface area (Å²) in [5, 5.41) is 9.97. The lowest BCUT2D eigenvalue weighted by Crippen LogP contribution is -2.26. The Morgan fingerprint density at radius 1 is 1.71 bits per heavy atom. The molecule has 3 heteroatoms. The number of rotatable bonds is 2. The number of aliphatic hydroxyl groups is 1. The first-order valence-electron chi connectivity index (χ1n) is 2.13. The van der Waals surface area contributed by atoms with E-state index in [4.69, 9.17) is 5.11 Å². The van der Waals surface area contributed by atoms with Crippen LogP contribution in [0.25, 0.3) is 0 Å². The smallest absolute Gasteiger partial charge is 0.126 e. The van der Waals surface area contributed by atoms with Gasteiger partial charge in [0.1, 0.15) is 6.23 Å². The Morgan fingerprint density at radius 2 is 2.14 bits per heavy atom. The number of hydroxylamine groups is 2. The molecule has 0 aromatic rings. The highest BCUT2D eigenvalue weighted by Gasteiger charge is 1.99. The number of nitrogens with zero attached hydrogens (tertiary/aromatic N) is 1. The van der Waals surface area contributed by atoms with Gasteiger partial charge < -0.3 is 9.94 Å². The summed E-state index contributed by atoms with van der Waals surface area (Å²) in [6.07, 6.45) is -0.523. The zero-order valence-corrected chi connectivity index (χ0v) is 4.88. The average Bonchev–Trinajstić information content (AvgIpc) is 1.65. The largest absolute Gasteiger partial charge is 0.377 e. The van der Waals surface area contributed by atoms with Crippen LogP contribution < -0.4 is 0 Å². The van der Waals surface area contributed by atoms with Crippen molar-refractivity contribution in [3.05, 3.63) is 0 Å². The van der Waals surface area contributed by atoms with Gasteiger partial charge >= 0.3 is 0 Å². The summed E-state index contributed by atoms with van der Waals surface area (Å²) in [6.45, 7) is 1.63. The van der Waals surface area contributed by atoms with Crippen molar-refractivity contribution < 1.29 is 9.94 Å². The van der Waals surface area contributed by atoms with Crippen LogP contribution in [0.4, 0.5) is 0 Å². The first kappa shape index (κ1) is 6.88. The van der Waals surface area contributed by atoms with Crippen LogP contribution >= 0.6 is 0 Å². The molecule has 0 aliphatic rings. The number of hydrogen-bond donors (Lipinski definition) is 1. The van der Waals surface area contributed by atoms with E-state index in [0.717, 1.165) is 0 Å². The quantitative estimate of drug-likeness (QED) is 0.390. The van der Waals surface area contributed by atoms with E-state index in [1.165, 1.54) is 12.2 Å². The molecule has 0 bridgehead atoms. The van der Waals surface area contributed by atoms with E-state index in [9.17, 15) is 0 Å². The van der Waals surface area contributed by atoms with E-state index >= 15 is 0 Å². The topological polar surface area (TPSA) is 32.7 Å². The van der Waals surface area contributed by atoms with Crippen molar-refractivity contribution in [2.45, 2.75) is 13.2 Å². The Balaban J connectivity index is 3.14. The van der Waals surface area contributed by atoms with Crippen molar-refractivity contribution in [3.8, 4) is 0 Å². The molecular formula is C4H11NO2. The van der Waals surface area contributed by atoms with Gasteiger partial charge in [-0.1, -0.05) is 0 Å². The maximum Gasteiger partial charge on any atom is 0.126 e. The number of hydrogen-bond acceptors (Lipinski definition) is 3. The van der Waals surface area contributed by atoms with Gasteiger partial charge in [-0.2, -0.15) is 5.06 Å². The van der Waals surface area contributed by atoms with Crippen molar-refractivity contribution in [1.29, 1.82) is 0 Å². The van der Waals surface area contributed by atoms with Crippen LogP contribution in [0.3, 0.4) is 0 Å². The Kier molecular flexibility index (Phi) is 2.91. The van der Waals surface area contributed by atoms with Crippen LogP contribution in [-0.2, 0) is 4.84 Å². The Bertz CT molecular complexity index is 47.0. The molecule has 1 N–H and O–H groups in total. The summed E-state index contributed by atoms with van der Waals surface area (Å²) in [6, 6.07) is 0. The maximum atomic E-state index is 8.62. The third kappa shape index (κ3) is 2.56. The first-order chi connectivity index (χ1) is 3.18. The molecule has 0 aliphatic carbocycles. The van der Waals surface area contributed by atoms with E-state index in [1.807, 2.05) is 0 Å². The zero-order valence-electron chi connectivity index (χ0n) is 4.88. The van der Waals surface area contributed by atoms with Crippen molar-refractivity contribution >= 4 is 0 Å². The normalized spacial score (nSPS) is 15.0. The second-order valence-corrected chi connectivity index (χ2v) is 1.36. The molecular weight excluding hydrogens is 94.0 g/mol. The summed E-state index contributed by atoms with van der Waals surface area (Å²) in [4.78, 5) is 4.59. The highest BCUT2D eigenvalue weighted by atomic mass is 16.7. The number of aliphatic hydroxyl groups excluding tert-OH is 1. The summed E-state index contributed by atoms with van der Waals surface area (Å²) < 4.78 is 0. The molecule has 44 valence electrons. The van der Waals surface area contributed by atoms with Crippen LogP contribution in [0.1, 0.15) is 6.92 Å². The second-order valence-electron chi connectivity index (χ2n) is 1.36. The SMILES string of the molecule is CON(C)[C@H](C)O. The summed E-state index contributed by atoms with van der Waals surface area (Å²) in [5.74, 6) is 0. The first-order valence-corrected chi connectivity index (χ1v) is 2.13. The van der Waals surface area contributed by atoms with Gasteiger partial charge in [0.05, 0.1) is 7.11 Å². The van der Waals surface area contributed by atoms with Gasteiger partial charge in [-0.05, 0) is 6.92 Å². The van der Waals surface area contributed by atoms with Gasteiger partial charge in [0.15, 0.2) is 0 Å². The molecule has 0 spiro atoms. The lowest BCUT2D eigenvalue weighted by Gasteiger charge is -2.15. The van der Waals surface area contributed by atoms with Crippen LogP contribution in [0.5, 0.6) is 0 Å². The lowest BCUT2D eigenvalue weighted by molar-refractivity contribution is -0.195. The molecule has 0 aliphatic heterocycles.